The second kappa shape index (κ2) is 5.38. The third-order valence-electron chi connectivity index (χ3n) is 3.79. The van der Waals surface area contributed by atoms with Crippen molar-refractivity contribution in [1.29, 1.82) is 0 Å². The van der Waals surface area contributed by atoms with Crippen LogP contribution < -0.4 is 11.1 Å². The maximum absolute atomic E-state index is 12.1. The maximum Gasteiger partial charge on any atom is 0.228 e. The predicted octanol–water partition coefficient (Wildman–Crippen LogP) is 2.74. The summed E-state index contributed by atoms with van der Waals surface area (Å²) in [6.45, 7) is 4.16. The molecule has 4 nitrogen and oxygen atoms in total. The van der Waals surface area contributed by atoms with Crippen LogP contribution >= 0.6 is 0 Å². The van der Waals surface area contributed by atoms with Gasteiger partial charge in [-0.1, -0.05) is 6.92 Å². The highest BCUT2D eigenvalue weighted by atomic mass is 16.1. The average Bonchev–Trinajstić information content (AvgIpc) is 2.34. The van der Waals surface area contributed by atoms with E-state index in [2.05, 4.69) is 17.2 Å². The molecule has 4 heteroatoms. The predicted molar refractivity (Wildman–Crippen MR) is 73.1 cm³/mol. The van der Waals surface area contributed by atoms with Crippen molar-refractivity contribution >= 4 is 17.4 Å². The number of carbonyl (C=O) groups is 1. The summed E-state index contributed by atoms with van der Waals surface area (Å²) in [6.07, 6.45) is 5.86. The monoisotopic (exact) mass is 247 g/mol. The second-order valence-corrected chi connectivity index (χ2v) is 5.37. The van der Waals surface area contributed by atoms with Crippen molar-refractivity contribution in [2.45, 2.75) is 39.5 Å². The van der Waals surface area contributed by atoms with Crippen molar-refractivity contribution < 1.29 is 4.79 Å². The van der Waals surface area contributed by atoms with Crippen molar-refractivity contribution in [3.8, 4) is 0 Å². The first-order chi connectivity index (χ1) is 8.56. The van der Waals surface area contributed by atoms with Gasteiger partial charge in [0.2, 0.25) is 5.91 Å². The molecule has 18 heavy (non-hydrogen) atoms. The van der Waals surface area contributed by atoms with Crippen LogP contribution in [0.4, 0.5) is 11.5 Å². The summed E-state index contributed by atoms with van der Waals surface area (Å²) in [6, 6.07) is 1.82. The number of anilines is 2. The Bertz CT molecular complexity index is 437. The summed E-state index contributed by atoms with van der Waals surface area (Å²) in [5, 5.41) is 2.89. The summed E-state index contributed by atoms with van der Waals surface area (Å²) in [7, 11) is 0. The first-order valence-corrected chi connectivity index (χ1v) is 6.59. The van der Waals surface area contributed by atoms with Crippen LogP contribution in [0.25, 0.3) is 0 Å². The highest BCUT2D eigenvalue weighted by Crippen LogP contribution is 2.29. The topological polar surface area (TPSA) is 68.0 Å². The molecule has 0 saturated heterocycles. The largest absolute Gasteiger partial charge is 0.397 e. The molecular weight excluding hydrogens is 226 g/mol. The number of amides is 1. The standard InChI is InChI=1S/C14H21N3O/c1-9-3-5-11(6-4-9)14(18)17-13-7-10(2)12(15)8-16-13/h7-9,11H,3-6,15H2,1-2H3,(H,16,17,18). The van der Waals surface area contributed by atoms with Gasteiger partial charge in [-0.3, -0.25) is 4.79 Å². The van der Waals surface area contributed by atoms with Gasteiger partial charge in [0.05, 0.1) is 11.9 Å². The van der Waals surface area contributed by atoms with Crippen molar-refractivity contribution in [2.24, 2.45) is 11.8 Å². The third-order valence-corrected chi connectivity index (χ3v) is 3.79. The highest BCUT2D eigenvalue weighted by molar-refractivity contribution is 5.91. The Kier molecular flexibility index (Phi) is 3.84. The number of nitrogens with two attached hydrogens (primary N) is 1. The Hall–Kier alpha value is -1.58. The summed E-state index contributed by atoms with van der Waals surface area (Å²) in [4.78, 5) is 16.2. The fourth-order valence-corrected chi connectivity index (χ4v) is 2.39. The lowest BCUT2D eigenvalue weighted by atomic mass is 9.82. The van der Waals surface area contributed by atoms with E-state index < -0.39 is 0 Å². The van der Waals surface area contributed by atoms with E-state index in [9.17, 15) is 4.79 Å². The van der Waals surface area contributed by atoms with Gasteiger partial charge in [0.25, 0.3) is 0 Å². The van der Waals surface area contributed by atoms with Crippen LogP contribution in [0.5, 0.6) is 0 Å². The zero-order valence-corrected chi connectivity index (χ0v) is 11.1. The van der Waals surface area contributed by atoms with E-state index in [1.807, 2.05) is 13.0 Å². The molecule has 0 spiro atoms. The minimum Gasteiger partial charge on any atom is -0.397 e. The number of nitrogens with one attached hydrogen (secondary N) is 1. The number of aromatic nitrogens is 1. The molecule has 1 fully saturated rings. The lowest BCUT2D eigenvalue weighted by molar-refractivity contribution is -0.121. The minimum absolute atomic E-state index is 0.0959. The lowest BCUT2D eigenvalue weighted by Crippen LogP contribution is -2.27. The lowest BCUT2D eigenvalue weighted by Gasteiger charge is -2.25. The Morgan fingerprint density at radius 3 is 2.67 bits per heavy atom. The molecule has 1 amide bonds. The SMILES string of the molecule is Cc1cc(NC(=O)C2CCC(C)CC2)ncc1N. The van der Waals surface area contributed by atoms with E-state index in [0.29, 0.717) is 11.5 Å². The Balaban J connectivity index is 1.96. The van der Waals surface area contributed by atoms with E-state index in [0.717, 1.165) is 37.2 Å². The number of hydrogen-bond acceptors (Lipinski definition) is 3. The number of nitrogen functional groups attached to an aromatic ring is 1. The van der Waals surface area contributed by atoms with Gasteiger partial charge in [0, 0.05) is 5.92 Å². The van der Waals surface area contributed by atoms with Crippen molar-refractivity contribution in [3.05, 3.63) is 17.8 Å². The molecule has 1 aliphatic carbocycles. The molecule has 1 saturated carbocycles. The van der Waals surface area contributed by atoms with Crippen LogP contribution in [0.3, 0.4) is 0 Å². The number of hydrogen-bond donors (Lipinski definition) is 2. The first-order valence-electron chi connectivity index (χ1n) is 6.59. The van der Waals surface area contributed by atoms with E-state index in [1.165, 1.54) is 0 Å². The molecule has 1 aromatic heterocycles. The molecule has 0 radical (unpaired) electrons. The Morgan fingerprint density at radius 1 is 1.39 bits per heavy atom. The van der Waals surface area contributed by atoms with Gasteiger partial charge < -0.3 is 11.1 Å². The molecule has 1 aliphatic rings. The van der Waals surface area contributed by atoms with Crippen LogP contribution in [0, 0.1) is 18.8 Å². The molecule has 0 aromatic carbocycles. The summed E-state index contributed by atoms with van der Waals surface area (Å²) in [5.74, 6) is 1.59. The zero-order valence-electron chi connectivity index (χ0n) is 11.1. The first kappa shape index (κ1) is 12.9. The smallest absolute Gasteiger partial charge is 0.228 e. The molecule has 1 aromatic rings. The number of aryl methyl sites for hydroxylation is 1. The quantitative estimate of drug-likeness (QED) is 0.844. The van der Waals surface area contributed by atoms with Crippen molar-refractivity contribution in [3.63, 3.8) is 0 Å². The Morgan fingerprint density at radius 2 is 2.06 bits per heavy atom. The number of pyridine rings is 1. The summed E-state index contributed by atoms with van der Waals surface area (Å²) in [5.41, 5.74) is 7.30. The number of nitrogens with zero attached hydrogens (tertiary/aromatic N) is 1. The second-order valence-electron chi connectivity index (χ2n) is 5.37. The number of rotatable bonds is 2. The summed E-state index contributed by atoms with van der Waals surface area (Å²) >= 11 is 0. The zero-order chi connectivity index (χ0) is 13.1. The van der Waals surface area contributed by atoms with Gasteiger partial charge in [0.1, 0.15) is 5.82 Å². The van der Waals surface area contributed by atoms with Crippen LogP contribution in [-0.4, -0.2) is 10.9 Å². The fourth-order valence-electron chi connectivity index (χ4n) is 2.39. The van der Waals surface area contributed by atoms with Gasteiger partial charge in [-0.15, -0.1) is 0 Å². The summed E-state index contributed by atoms with van der Waals surface area (Å²) < 4.78 is 0. The highest BCUT2D eigenvalue weighted by Gasteiger charge is 2.24. The van der Waals surface area contributed by atoms with Crippen molar-refractivity contribution in [1.82, 2.24) is 4.98 Å². The van der Waals surface area contributed by atoms with Gasteiger partial charge in [-0.25, -0.2) is 4.98 Å². The van der Waals surface area contributed by atoms with E-state index in [4.69, 9.17) is 5.73 Å². The molecule has 98 valence electrons. The molecule has 2 rings (SSSR count). The minimum atomic E-state index is 0.0959. The van der Waals surface area contributed by atoms with E-state index in [-0.39, 0.29) is 11.8 Å². The van der Waals surface area contributed by atoms with Gasteiger partial charge in [0.15, 0.2) is 0 Å². The van der Waals surface area contributed by atoms with Crippen LogP contribution in [0.1, 0.15) is 38.2 Å². The molecular formula is C14H21N3O. The number of carbonyl (C=O) groups excluding carboxylic acids is 1. The van der Waals surface area contributed by atoms with Gasteiger partial charge in [-0.05, 0) is 50.2 Å². The van der Waals surface area contributed by atoms with Crippen LogP contribution in [-0.2, 0) is 4.79 Å². The van der Waals surface area contributed by atoms with Gasteiger partial charge in [-0.2, -0.15) is 0 Å². The molecule has 0 unspecified atom stereocenters. The molecule has 0 atom stereocenters. The fraction of sp³-hybridized carbons (Fsp3) is 0.571. The normalized spacial score (nSPS) is 23.7. The van der Waals surface area contributed by atoms with Crippen LogP contribution in [0.2, 0.25) is 0 Å². The molecule has 1 heterocycles. The van der Waals surface area contributed by atoms with Crippen molar-refractivity contribution in [2.75, 3.05) is 11.1 Å². The third kappa shape index (κ3) is 3.00. The molecule has 3 N–H and O–H groups in total. The van der Waals surface area contributed by atoms with E-state index >= 15 is 0 Å². The maximum atomic E-state index is 12.1. The van der Waals surface area contributed by atoms with Crippen LogP contribution in [0.15, 0.2) is 12.3 Å². The Labute approximate surface area is 108 Å². The molecule has 0 bridgehead atoms. The van der Waals surface area contributed by atoms with E-state index in [1.54, 1.807) is 6.20 Å². The average molecular weight is 247 g/mol. The molecule has 0 aliphatic heterocycles. The van der Waals surface area contributed by atoms with Gasteiger partial charge >= 0.3 is 0 Å².